The van der Waals surface area contributed by atoms with Crippen LogP contribution in [0.4, 0.5) is 0 Å². The zero-order valence-electron chi connectivity index (χ0n) is 8.88. The molecule has 0 radical (unpaired) electrons. The average molecular weight is 352 g/mol. The molecule has 1 aromatic heterocycles. The summed E-state index contributed by atoms with van der Waals surface area (Å²) in [4.78, 5) is 1.08. The highest BCUT2D eigenvalue weighted by Crippen LogP contribution is 2.35. The highest BCUT2D eigenvalue weighted by Gasteiger charge is 2.16. The van der Waals surface area contributed by atoms with Crippen LogP contribution in [-0.4, -0.2) is 5.11 Å². The molecular formula is C12H9BrCl2OS. The molecule has 0 aliphatic rings. The molecule has 0 saturated heterocycles. The number of benzene rings is 1. The average Bonchev–Trinajstić information content (AvgIpc) is 2.61. The van der Waals surface area contributed by atoms with Crippen molar-refractivity contribution in [1.82, 2.24) is 0 Å². The minimum atomic E-state index is -0.674. The zero-order valence-corrected chi connectivity index (χ0v) is 12.8. The van der Waals surface area contributed by atoms with Gasteiger partial charge in [0.25, 0.3) is 0 Å². The number of halogens is 3. The summed E-state index contributed by atoms with van der Waals surface area (Å²) < 4.78 is 1.00. The van der Waals surface area contributed by atoms with Crippen molar-refractivity contribution in [3.05, 3.63) is 54.1 Å². The Labute approximate surface area is 122 Å². The fourth-order valence-corrected chi connectivity index (χ4v) is 3.64. The summed E-state index contributed by atoms with van der Waals surface area (Å²) in [5, 5.41) is 11.2. The van der Waals surface area contributed by atoms with E-state index in [1.807, 2.05) is 13.0 Å². The van der Waals surface area contributed by atoms with Gasteiger partial charge in [-0.3, -0.25) is 0 Å². The smallest absolute Gasteiger partial charge is 0.105 e. The third-order valence-electron chi connectivity index (χ3n) is 2.48. The van der Waals surface area contributed by atoms with E-state index >= 15 is 0 Å². The van der Waals surface area contributed by atoms with Crippen LogP contribution in [0.5, 0.6) is 0 Å². The van der Waals surface area contributed by atoms with Gasteiger partial charge in [0.2, 0.25) is 0 Å². The minimum absolute atomic E-state index is 0.454. The third kappa shape index (κ3) is 2.85. The van der Waals surface area contributed by atoms with Crippen molar-refractivity contribution in [2.75, 3.05) is 0 Å². The van der Waals surface area contributed by atoms with Crippen molar-refractivity contribution in [2.45, 2.75) is 13.0 Å². The van der Waals surface area contributed by atoms with E-state index in [4.69, 9.17) is 23.2 Å². The van der Waals surface area contributed by atoms with Crippen LogP contribution in [0.2, 0.25) is 10.0 Å². The van der Waals surface area contributed by atoms with Crippen molar-refractivity contribution in [2.24, 2.45) is 0 Å². The van der Waals surface area contributed by atoms with Gasteiger partial charge in [-0.15, -0.1) is 11.3 Å². The lowest BCUT2D eigenvalue weighted by Gasteiger charge is -2.11. The van der Waals surface area contributed by atoms with Gasteiger partial charge in [0.15, 0.2) is 0 Å². The van der Waals surface area contributed by atoms with Crippen LogP contribution in [0, 0.1) is 6.92 Å². The second kappa shape index (κ2) is 5.29. The first-order valence-electron chi connectivity index (χ1n) is 4.88. The maximum absolute atomic E-state index is 10.3. The monoisotopic (exact) mass is 350 g/mol. The quantitative estimate of drug-likeness (QED) is 0.787. The van der Waals surface area contributed by atoms with Crippen LogP contribution >= 0.6 is 50.5 Å². The van der Waals surface area contributed by atoms with Crippen molar-refractivity contribution in [3.8, 4) is 0 Å². The molecule has 2 aromatic rings. The Balaban J connectivity index is 2.40. The predicted molar refractivity (Wildman–Crippen MR) is 77.3 cm³/mol. The first-order valence-corrected chi connectivity index (χ1v) is 7.24. The Bertz CT molecular complexity index is 553. The van der Waals surface area contributed by atoms with E-state index in [9.17, 15) is 5.11 Å². The Kier molecular flexibility index (Phi) is 4.16. The van der Waals surface area contributed by atoms with Gasteiger partial charge >= 0.3 is 0 Å². The third-order valence-corrected chi connectivity index (χ3v) is 4.79. The molecule has 0 bridgehead atoms. The molecule has 5 heteroatoms. The summed E-state index contributed by atoms with van der Waals surface area (Å²) in [5.41, 5.74) is 1.63. The molecule has 1 atom stereocenters. The molecule has 0 aliphatic heterocycles. The second-order valence-corrected chi connectivity index (χ2v) is 7.09. The fourth-order valence-electron chi connectivity index (χ4n) is 1.59. The maximum atomic E-state index is 10.3. The predicted octanol–water partition coefficient (Wildman–Crippen LogP) is 5.21. The lowest BCUT2D eigenvalue weighted by Crippen LogP contribution is -1.99. The van der Waals surface area contributed by atoms with E-state index in [1.165, 1.54) is 0 Å². The van der Waals surface area contributed by atoms with E-state index in [0.717, 1.165) is 19.8 Å². The molecule has 0 spiro atoms. The van der Waals surface area contributed by atoms with Crippen molar-refractivity contribution in [3.63, 3.8) is 0 Å². The van der Waals surface area contributed by atoms with Crippen LogP contribution in [-0.2, 0) is 0 Å². The van der Waals surface area contributed by atoms with Crippen LogP contribution < -0.4 is 0 Å². The Morgan fingerprint density at radius 1 is 1.24 bits per heavy atom. The van der Waals surface area contributed by atoms with Gasteiger partial charge in [0, 0.05) is 4.88 Å². The normalized spacial score (nSPS) is 12.8. The van der Waals surface area contributed by atoms with Crippen LogP contribution in [0.15, 0.2) is 28.1 Å². The summed E-state index contributed by atoms with van der Waals surface area (Å²) in [7, 11) is 0. The Morgan fingerprint density at radius 2 is 1.94 bits per heavy atom. The molecule has 0 saturated carbocycles. The molecular weight excluding hydrogens is 343 g/mol. The van der Waals surface area contributed by atoms with Crippen molar-refractivity contribution < 1.29 is 5.11 Å². The summed E-state index contributed by atoms with van der Waals surface area (Å²) in [6.07, 6.45) is -0.674. The number of rotatable bonds is 2. The highest BCUT2D eigenvalue weighted by molar-refractivity contribution is 9.11. The second-order valence-electron chi connectivity index (χ2n) is 3.64. The number of hydrogen-bond donors (Lipinski definition) is 1. The number of aryl methyl sites for hydroxylation is 1. The molecule has 1 unspecified atom stereocenters. The van der Waals surface area contributed by atoms with E-state index in [1.54, 1.807) is 29.5 Å². The number of thiophene rings is 1. The van der Waals surface area contributed by atoms with Gasteiger partial charge in [0.1, 0.15) is 6.10 Å². The first kappa shape index (κ1) is 13.4. The lowest BCUT2D eigenvalue weighted by molar-refractivity contribution is 0.220. The molecule has 0 aliphatic carbocycles. The van der Waals surface area contributed by atoms with E-state index in [-0.39, 0.29) is 0 Å². The van der Waals surface area contributed by atoms with Gasteiger partial charge in [-0.05, 0) is 52.2 Å². The summed E-state index contributed by atoms with van der Waals surface area (Å²) >= 11 is 16.8. The van der Waals surface area contributed by atoms with Gasteiger partial charge < -0.3 is 5.11 Å². The molecule has 0 amide bonds. The van der Waals surface area contributed by atoms with Crippen LogP contribution in [0.25, 0.3) is 0 Å². The number of aliphatic hydroxyl groups is 1. The van der Waals surface area contributed by atoms with Gasteiger partial charge in [-0.2, -0.15) is 0 Å². The minimum Gasteiger partial charge on any atom is -0.384 e. The molecule has 2 rings (SSSR count). The topological polar surface area (TPSA) is 20.2 Å². The van der Waals surface area contributed by atoms with Gasteiger partial charge in [-0.25, -0.2) is 0 Å². The molecule has 1 N–H and O–H groups in total. The van der Waals surface area contributed by atoms with E-state index in [0.29, 0.717) is 10.0 Å². The largest absolute Gasteiger partial charge is 0.384 e. The molecule has 90 valence electrons. The van der Waals surface area contributed by atoms with E-state index < -0.39 is 6.10 Å². The number of aliphatic hydroxyl groups excluding tert-OH is 1. The fraction of sp³-hybridized carbons (Fsp3) is 0.167. The van der Waals surface area contributed by atoms with Crippen LogP contribution in [0.1, 0.15) is 22.1 Å². The lowest BCUT2D eigenvalue weighted by atomic mass is 10.0. The molecule has 1 aromatic carbocycles. The van der Waals surface area contributed by atoms with Crippen LogP contribution in [0.3, 0.4) is 0 Å². The molecule has 1 heterocycles. The SMILES string of the molecule is Cc1sc(Br)cc1C(O)c1ccc(Cl)c(Cl)c1. The summed E-state index contributed by atoms with van der Waals surface area (Å²) in [5.74, 6) is 0. The van der Waals surface area contributed by atoms with Crippen molar-refractivity contribution in [1.29, 1.82) is 0 Å². The molecule has 1 nitrogen and oxygen atoms in total. The zero-order chi connectivity index (χ0) is 12.6. The maximum Gasteiger partial charge on any atom is 0.105 e. The standard InChI is InChI=1S/C12H9BrCl2OS/c1-6-8(5-11(13)17-6)12(16)7-2-3-9(14)10(15)4-7/h2-5,12,16H,1H3. The molecule has 17 heavy (non-hydrogen) atoms. The highest BCUT2D eigenvalue weighted by atomic mass is 79.9. The van der Waals surface area contributed by atoms with E-state index in [2.05, 4.69) is 15.9 Å². The Hall–Kier alpha value is -0.0600. The van der Waals surface area contributed by atoms with Gasteiger partial charge in [-0.1, -0.05) is 29.3 Å². The summed E-state index contributed by atoms with van der Waals surface area (Å²) in [6, 6.07) is 7.09. The first-order chi connectivity index (χ1) is 7.99. The summed E-state index contributed by atoms with van der Waals surface area (Å²) in [6.45, 7) is 1.98. The molecule has 0 fully saturated rings. The number of hydrogen-bond acceptors (Lipinski definition) is 2. The van der Waals surface area contributed by atoms with Gasteiger partial charge in [0.05, 0.1) is 13.8 Å². The van der Waals surface area contributed by atoms with Crippen molar-refractivity contribution >= 4 is 50.5 Å². The Morgan fingerprint density at radius 3 is 2.47 bits per heavy atom.